The van der Waals surface area contributed by atoms with Crippen molar-refractivity contribution in [2.75, 3.05) is 5.88 Å². The van der Waals surface area contributed by atoms with Crippen LogP contribution in [0.1, 0.15) is 51.0 Å². The molecule has 130 valence electrons. The van der Waals surface area contributed by atoms with E-state index < -0.39 is 0 Å². The minimum atomic E-state index is -0.0261. The van der Waals surface area contributed by atoms with Crippen molar-refractivity contribution in [3.8, 4) is 0 Å². The van der Waals surface area contributed by atoms with Gasteiger partial charge in [-0.15, -0.1) is 11.6 Å². The highest BCUT2D eigenvalue weighted by atomic mass is 35.5. The van der Waals surface area contributed by atoms with E-state index in [0.29, 0.717) is 11.8 Å². The van der Waals surface area contributed by atoms with E-state index in [9.17, 15) is 0 Å². The maximum atomic E-state index is 6.42. The second kappa shape index (κ2) is 9.22. The van der Waals surface area contributed by atoms with Crippen LogP contribution in [0.25, 0.3) is 0 Å². The summed E-state index contributed by atoms with van der Waals surface area (Å²) in [5.41, 5.74) is 2.42. The van der Waals surface area contributed by atoms with Crippen molar-refractivity contribution in [1.29, 1.82) is 0 Å². The van der Waals surface area contributed by atoms with E-state index in [1.54, 1.807) is 0 Å². The lowest BCUT2D eigenvalue weighted by atomic mass is 9.95. The number of rotatable bonds is 8. The van der Waals surface area contributed by atoms with E-state index >= 15 is 0 Å². The molecule has 0 aliphatic heterocycles. The molecule has 2 aromatic carbocycles. The molecule has 0 spiro atoms. The first-order chi connectivity index (χ1) is 11.5. The number of hydrogen-bond acceptors (Lipinski definition) is 2. The molecule has 0 saturated carbocycles. The monoisotopic (exact) mass is 345 g/mol. The average Bonchev–Trinajstić information content (AvgIpc) is 2.61. The Bertz CT molecular complexity index is 587. The minimum Gasteiger partial charge on any atom is -0.290 e. The van der Waals surface area contributed by atoms with Crippen molar-refractivity contribution in [1.82, 2.24) is 5.06 Å². The number of alkyl halides is 1. The molecule has 2 aromatic rings. The van der Waals surface area contributed by atoms with Crippen LogP contribution in [0.3, 0.4) is 0 Å². The predicted octanol–water partition coefficient (Wildman–Crippen LogP) is 6.01. The van der Waals surface area contributed by atoms with Gasteiger partial charge in [0.05, 0.1) is 6.04 Å². The summed E-state index contributed by atoms with van der Waals surface area (Å²) in [4.78, 5) is 6.42. The van der Waals surface area contributed by atoms with E-state index in [4.69, 9.17) is 16.4 Å². The van der Waals surface area contributed by atoms with Crippen molar-refractivity contribution in [3.05, 3.63) is 71.8 Å². The molecule has 3 atom stereocenters. The SMILES string of the molecule is CC(ON(C(C)CCl)C(c1ccccc1)C(C)C)c1ccccc1. The average molecular weight is 346 g/mol. The summed E-state index contributed by atoms with van der Waals surface area (Å²) in [6.45, 7) is 8.65. The van der Waals surface area contributed by atoms with E-state index in [2.05, 4.69) is 69.2 Å². The third-order valence-electron chi connectivity index (χ3n) is 4.25. The lowest BCUT2D eigenvalue weighted by Gasteiger charge is -2.39. The molecule has 0 radical (unpaired) electrons. The molecule has 0 heterocycles. The van der Waals surface area contributed by atoms with Crippen LogP contribution in [0.4, 0.5) is 0 Å². The highest BCUT2D eigenvalue weighted by Gasteiger charge is 2.30. The molecule has 0 aromatic heterocycles. The van der Waals surface area contributed by atoms with Gasteiger partial charge in [-0.05, 0) is 30.9 Å². The lowest BCUT2D eigenvalue weighted by Crippen LogP contribution is -2.40. The van der Waals surface area contributed by atoms with Crippen LogP contribution < -0.4 is 0 Å². The quantitative estimate of drug-likeness (QED) is 0.429. The Morgan fingerprint density at radius 2 is 1.33 bits per heavy atom. The van der Waals surface area contributed by atoms with Gasteiger partial charge in [-0.3, -0.25) is 4.84 Å². The van der Waals surface area contributed by atoms with E-state index in [0.717, 1.165) is 0 Å². The van der Waals surface area contributed by atoms with Crippen molar-refractivity contribution >= 4 is 11.6 Å². The van der Waals surface area contributed by atoms with Gasteiger partial charge in [-0.1, -0.05) is 74.5 Å². The highest BCUT2D eigenvalue weighted by molar-refractivity contribution is 6.18. The summed E-state index contributed by atoms with van der Waals surface area (Å²) >= 11 is 6.19. The Morgan fingerprint density at radius 1 is 0.833 bits per heavy atom. The van der Waals surface area contributed by atoms with Crippen LogP contribution >= 0.6 is 11.6 Å². The summed E-state index contributed by atoms with van der Waals surface area (Å²) in [5.74, 6) is 0.929. The summed E-state index contributed by atoms with van der Waals surface area (Å²) in [7, 11) is 0. The maximum Gasteiger partial charge on any atom is 0.101 e. The highest BCUT2D eigenvalue weighted by Crippen LogP contribution is 2.33. The first-order valence-corrected chi connectivity index (χ1v) is 9.19. The number of nitrogens with zero attached hydrogens (tertiary/aromatic N) is 1. The van der Waals surface area contributed by atoms with Gasteiger partial charge < -0.3 is 0 Å². The van der Waals surface area contributed by atoms with Gasteiger partial charge in [0.2, 0.25) is 0 Å². The Morgan fingerprint density at radius 3 is 1.79 bits per heavy atom. The van der Waals surface area contributed by atoms with E-state index in [-0.39, 0.29) is 18.2 Å². The molecule has 2 nitrogen and oxygen atoms in total. The second-order valence-corrected chi connectivity index (χ2v) is 6.93. The number of benzene rings is 2. The molecule has 0 N–H and O–H groups in total. The van der Waals surface area contributed by atoms with Crippen LogP contribution in [-0.4, -0.2) is 17.0 Å². The molecule has 3 unspecified atom stereocenters. The van der Waals surface area contributed by atoms with Gasteiger partial charge in [-0.25, -0.2) is 0 Å². The Labute approximate surface area is 151 Å². The molecule has 24 heavy (non-hydrogen) atoms. The normalized spacial score (nSPS) is 15.5. The zero-order valence-electron chi connectivity index (χ0n) is 15.0. The summed E-state index contributed by atoms with van der Waals surface area (Å²) in [6.07, 6.45) is -0.0261. The topological polar surface area (TPSA) is 12.5 Å². The fraction of sp³-hybridized carbons (Fsp3) is 0.429. The summed E-state index contributed by atoms with van der Waals surface area (Å²) in [5, 5.41) is 2.09. The lowest BCUT2D eigenvalue weighted by molar-refractivity contribution is -0.246. The standard InChI is InChI=1S/C21H28ClNO/c1-16(2)21(20-13-9-6-10-14-20)23(17(3)15-22)24-18(4)19-11-7-5-8-12-19/h5-14,16-18,21H,15H2,1-4H3. The third-order valence-corrected chi connectivity index (χ3v) is 4.70. The minimum absolute atomic E-state index is 0.0261. The van der Waals surface area contributed by atoms with Gasteiger partial charge in [0.1, 0.15) is 6.10 Å². The number of hydrogen-bond donors (Lipinski definition) is 0. The van der Waals surface area contributed by atoms with Crippen molar-refractivity contribution < 1.29 is 4.84 Å². The maximum absolute atomic E-state index is 6.42. The van der Waals surface area contributed by atoms with Crippen LogP contribution in [0.2, 0.25) is 0 Å². The Hall–Kier alpha value is -1.35. The van der Waals surface area contributed by atoms with Crippen molar-refractivity contribution in [2.24, 2.45) is 5.92 Å². The molecule has 0 fully saturated rings. The van der Waals surface area contributed by atoms with E-state index in [1.165, 1.54) is 11.1 Å². The Balaban J connectivity index is 2.29. The molecule has 0 aliphatic rings. The van der Waals surface area contributed by atoms with Crippen LogP contribution in [0.5, 0.6) is 0 Å². The van der Waals surface area contributed by atoms with Crippen molar-refractivity contribution in [2.45, 2.75) is 45.9 Å². The smallest absolute Gasteiger partial charge is 0.101 e. The zero-order valence-corrected chi connectivity index (χ0v) is 15.8. The molecule has 0 amide bonds. The molecule has 0 saturated heterocycles. The molecule has 2 rings (SSSR count). The Kier molecular flexibility index (Phi) is 7.29. The largest absolute Gasteiger partial charge is 0.290 e. The third kappa shape index (κ3) is 4.83. The van der Waals surface area contributed by atoms with E-state index in [1.807, 2.05) is 24.3 Å². The zero-order chi connectivity index (χ0) is 17.5. The van der Waals surface area contributed by atoms with Gasteiger partial charge in [0.15, 0.2) is 0 Å². The molecular weight excluding hydrogens is 318 g/mol. The van der Waals surface area contributed by atoms with Gasteiger partial charge in [-0.2, -0.15) is 5.06 Å². The first-order valence-electron chi connectivity index (χ1n) is 8.65. The van der Waals surface area contributed by atoms with Crippen LogP contribution in [-0.2, 0) is 4.84 Å². The molecular formula is C21H28ClNO. The summed E-state index contributed by atoms with van der Waals surface area (Å²) < 4.78 is 0. The first kappa shape index (κ1) is 19.0. The fourth-order valence-electron chi connectivity index (χ4n) is 2.96. The van der Waals surface area contributed by atoms with Crippen molar-refractivity contribution in [3.63, 3.8) is 0 Å². The fourth-order valence-corrected chi connectivity index (χ4v) is 3.09. The summed E-state index contributed by atoms with van der Waals surface area (Å²) in [6, 6.07) is 21.1. The number of hydroxylamine groups is 2. The van der Waals surface area contributed by atoms with Gasteiger partial charge in [0, 0.05) is 11.9 Å². The van der Waals surface area contributed by atoms with Crippen LogP contribution in [0, 0.1) is 5.92 Å². The predicted molar refractivity (Wildman–Crippen MR) is 102 cm³/mol. The molecule has 0 aliphatic carbocycles. The second-order valence-electron chi connectivity index (χ2n) is 6.62. The van der Waals surface area contributed by atoms with Crippen LogP contribution in [0.15, 0.2) is 60.7 Å². The molecule has 3 heteroatoms. The van der Waals surface area contributed by atoms with Gasteiger partial charge >= 0.3 is 0 Å². The number of halogens is 1. The van der Waals surface area contributed by atoms with Gasteiger partial charge in [0.25, 0.3) is 0 Å². The molecule has 0 bridgehead atoms.